The number of carboxylic acids is 1. The molecule has 0 spiro atoms. The fourth-order valence-electron chi connectivity index (χ4n) is 3.29. The van der Waals surface area contributed by atoms with E-state index in [2.05, 4.69) is 10.3 Å². The highest BCUT2D eigenvalue weighted by Gasteiger charge is 2.22. The Bertz CT molecular complexity index is 993. The number of thiazole rings is 1. The lowest BCUT2D eigenvalue weighted by molar-refractivity contribution is -0.141. The normalized spacial score (nSPS) is 12.0. The van der Waals surface area contributed by atoms with Gasteiger partial charge in [-0.05, 0) is 38.8 Å². The summed E-state index contributed by atoms with van der Waals surface area (Å²) in [6.45, 7) is 5.83. The van der Waals surface area contributed by atoms with Crippen LogP contribution in [0.3, 0.4) is 0 Å². The zero-order valence-electron chi connectivity index (χ0n) is 16.1. The number of carbonyl (C=O) groups excluding carboxylic acids is 1. The zero-order chi connectivity index (χ0) is 20.3. The van der Waals surface area contributed by atoms with Crippen molar-refractivity contribution in [2.75, 3.05) is 6.54 Å². The van der Waals surface area contributed by atoms with Gasteiger partial charge in [0, 0.05) is 29.5 Å². The molecular weight excluding hydrogens is 374 g/mol. The first-order chi connectivity index (χ1) is 13.4. The molecule has 2 N–H and O–H groups in total. The standard InChI is InChI=1S/C21H23N3O3S/c1-13-5-4-6-16(9-13)11-17(20(26)27)12-23-19(25)18-10-14(2)24(15(18)3)21-22-7-8-28-21/h4-10,17H,11-12H2,1-3H3,(H,23,25)(H,26,27). The Balaban J connectivity index is 1.72. The fraction of sp³-hybridized carbons (Fsp3) is 0.286. The summed E-state index contributed by atoms with van der Waals surface area (Å²) in [5, 5.41) is 15.0. The van der Waals surface area contributed by atoms with E-state index in [1.807, 2.05) is 61.1 Å². The summed E-state index contributed by atoms with van der Waals surface area (Å²) in [4.78, 5) is 28.7. The van der Waals surface area contributed by atoms with Crippen LogP contribution in [0.5, 0.6) is 0 Å². The number of aliphatic carboxylic acids is 1. The summed E-state index contributed by atoms with van der Waals surface area (Å²) in [7, 11) is 0. The molecule has 3 rings (SSSR count). The van der Waals surface area contributed by atoms with Crippen molar-refractivity contribution >= 4 is 23.2 Å². The first-order valence-corrected chi connectivity index (χ1v) is 9.90. The van der Waals surface area contributed by atoms with Crippen LogP contribution in [-0.4, -0.2) is 33.1 Å². The molecule has 0 aliphatic rings. The highest BCUT2D eigenvalue weighted by atomic mass is 32.1. The van der Waals surface area contributed by atoms with Crippen molar-refractivity contribution in [2.24, 2.45) is 5.92 Å². The number of aromatic nitrogens is 2. The minimum atomic E-state index is -0.921. The van der Waals surface area contributed by atoms with Gasteiger partial charge in [-0.1, -0.05) is 29.8 Å². The van der Waals surface area contributed by atoms with Gasteiger partial charge in [-0.15, -0.1) is 11.3 Å². The second kappa shape index (κ2) is 8.39. The molecule has 6 nitrogen and oxygen atoms in total. The van der Waals surface area contributed by atoms with Crippen LogP contribution in [0.4, 0.5) is 0 Å². The van der Waals surface area contributed by atoms with E-state index in [4.69, 9.17) is 0 Å². The summed E-state index contributed by atoms with van der Waals surface area (Å²) in [6.07, 6.45) is 2.09. The van der Waals surface area contributed by atoms with Crippen molar-refractivity contribution in [3.63, 3.8) is 0 Å². The number of benzene rings is 1. The van der Waals surface area contributed by atoms with Crippen LogP contribution in [0.2, 0.25) is 0 Å². The van der Waals surface area contributed by atoms with Crippen LogP contribution in [0.25, 0.3) is 5.13 Å². The number of carbonyl (C=O) groups is 2. The van der Waals surface area contributed by atoms with Crippen molar-refractivity contribution in [3.8, 4) is 5.13 Å². The Morgan fingerprint density at radius 1 is 1.25 bits per heavy atom. The smallest absolute Gasteiger partial charge is 0.308 e. The number of rotatable bonds is 7. The zero-order valence-corrected chi connectivity index (χ0v) is 16.9. The Morgan fingerprint density at radius 2 is 2.04 bits per heavy atom. The maximum absolute atomic E-state index is 12.7. The summed E-state index contributed by atoms with van der Waals surface area (Å²) in [6, 6.07) is 9.57. The lowest BCUT2D eigenvalue weighted by atomic mass is 9.98. The molecule has 2 aromatic heterocycles. The second-order valence-corrected chi connectivity index (χ2v) is 7.75. The molecule has 0 bridgehead atoms. The molecule has 0 aliphatic heterocycles. The van der Waals surface area contributed by atoms with E-state index in [0.29, 0.717) is 12.0 Å². The largest absolute Gasteiger partial charge is 0.481 e. The van der Waals surface area contributed by atoms with E-state index < -0.39 is 11.9 Å². The third-order valence-corrected chi connectivity index (χ3v) is 5.47. The van der Waals surface area contributed by atoms with Gasteiger partial charge in [-0.25, -0.2) is 4.98 Å². The van der Waals surface area contributed by atoms with Crippen LogP contribution in [0.1, 0.15) is 32.9 Å². The molecule has 1 amide bonds. The summed E-state index contributed by atoms with van der Waals surface area (Å²) >= 11 is 1.50. The SMILES string of the molecule is Cc1cccc(CC(CNC(=O)c2cc(C)n(-c3nccs3)c2C)C(=O)O)c1. The van der Waals surface area contributed by atoms with Crippen molar-refractivity contribution in [2.45, 2.75) is 27.2 Å². The van der Waals surface area contributed by atoms with E-state index in [1.165, 1.54) is 11.3 Å². The van der Waals surface area contributed by atoms with Crippen LogP contribution in [-0.2, 0) is 11.2 Å². The van der Waals surface area contributed by atoms with Gasteiger partial charge in [0.15, 0.2) is 5.13 Å². The van der Waals surface area contributed by atoms with E-state index in [0.717, 1.165) is 27.6 Å². The molecule has 0 radical (unpaired) electrons. The Labute approximate surface area is 167 Å². The third kappa shape index (κ3) is 4.31. The van der Waals surface area contributed by atoms with Gasteiger partial charge in [0.1, 0.15) is 0 Å². The van der Waals surface area contributed by atoms with Gasteiger partial charge >= 0.3 is 5.97 Å². The molecular formula is C21H23N3O3S. The van der Waals surface area contributed by atoms with Crippen molar-refractivity contribution < 1.29 is 14.7 Å². The maximum Gasteiger partial charge on any atom is 0.308 e. The monoisotopic (exact) mass is 397 g/mol. The number of hydrogen-bond donors (Lipinski definition) is 2. The summed E-state index contributed by atoms with van der Waals surface area (Å²) in [5.74, 6) is -1.88. The van der Waals surface area contributed by atoms with Gasteiger partial charge in [-0.3, -0.25) is 14.2 Å². The first kappa shape index (κ1) is 19.8. The molecule has 1 unspecified atom stereocenters. The summed E-state index contributed by atoms with van der Waals surface area (Å²) < 4.78 is 1.93. The Kier molecular flexibility index (Phi) is 5.94. The van der Waals surface area contributed by atoms with Gasteiger partial charge in [0.25, 0.3) is 5.91 Å². The molecule has 0 fully saturated rings. The van der Waals surface area contributed by atoms with Crippen LogP contribution in [0, 0.1) is 26.7 Å². The molecule has 0 saturated carbocycles. The molecule has 2 heterocycles. The average molecular weight is 398 g/mol. The van der Waals surface area contributed by atoms with Gasteiger partial charge < -0.3 is 10.4 Å². The highest BCUT2D eigenvalue weighted by molar-refractivity contribution is 7.12. The van der Waals surface area contributed by atoms with E-state index in [1.54, 1.807) is 6.20 Å². The van der Waals surface area contributed by atoms with Crippen LogP contribution >= 0.6 is 11.3 Å². The molecule has 0 aliphatic carbocycles. The minimum Gasteiger partial charge on any atom is -0.481 e. The Hall–Kier alpha value is -2.93. The number of nitrogens with zero attached hydrogens (tertiary/aromatic N) is 2. The van der Waals surface area contributed by atoms with E-state index in [-0.39, 0.29) is 12.5 Å². The fourth-order valence-corrected chi connectivity index (χ4v) is 4.05. The molecule has 1 aromatic carbocycles. The molecule has 0 saturated heterocycles. The second-order valence-electron chi connectivity index (χ2n) is 6.87. The first-order valence-electron chi connectivity index (χ1n) is 9.02. The van der Waals surface area contributed by atoms with Crippen molar-refractivity contribution in [3.05, 3.63) is 70.0 Å². The predicted molar refractivity (Wildman–Crippen MR) is 109 cm³/mol. The molecule has 3 aromatic rings. The highest BCUT2D eigenvalue weighted by Crippen LogP contribution is 2.22. The number of carboxylic acid groups (broad SMARTS) is 1. The molecule has 28 heavy (non-hydrogen) atoms. The molecule has 7 heteroatoms. The van der Waals surface area contributed by atoms with E-state index in [9.17, 15) is 14.7 Å². The lowest BCUT2D eigenvalue weighted by Gasteiger charge is -2.14. The molecule has 146 valence electrons. The average Bonchev–Trinajstić information content (AvgIpc) is 3.26. The van der Waals surface area contributed by atoms with E-state index >= 15 is 0 Å². The minimum absolute atomic E-state index is 0.0724. The number of aryl methyl sites for hydroxylation is 2. The van der Waals surface area contributed by atoms with Gasteiger partial charge in [0.2, 0.25) is 0 Å². The van der Waals surface area contributed by atoms with Gasteiger partial charge in [-0.2, -0.15) is 0 Å². The van der Waals surface area contributed by atoms with Gasteiger partial charge in [0.05, 0.1) is 11.5 Å². The maximum atomic E-state index is 12.7. The number of nitrogens with one attached hydrogen (secondary N) is 1. The number of hydrogen-bond acceptors (Lipinski definition) is 4. The topological polar surface area (TPSA) is 84.2 Å². The van der Waals surface area contributed by atoms with Crippen molar-refractivity contribution in [1.82, 2.24) is 14.9 Å². The lowest BCUT2D eigenvalue weighted by Crippen LogP contribution is -2.34. The molecule has 1 atom stereocenters. The predicted octanol–water partition coefficient (Wildman–Crippen LogP) is 3.53. The van der Waals surface area contributed by atoms with Crippen LogP contribution in [0.15, 0.2) is 41.9 Å². The van der Waals surface area contributed by atoms with Crippen LogP contribution < -0.4 is 5.32 Å². The quantitative estimate of drug-likeness (QED) is 0.639. The third-order valence-electron chi connectivity index (χ3n) is 4.71. The Morgan fingerprint density at radius 3 is 2.68 bits per heavy atom. The number of amides is 1. The van der Waals surface area contributed by atoms with Crippen molar-refractivity contribution in [1.29, 1.82) is 0 Å². The summed E-state index contributed by atoms with van der Waals surface area (Å²) in [5.41, 5.74) is 4.26.